The number of sulfonamides is 1. The lowest BCUT2D eigenvalue weighted by atomic mass is 10.2. The maximum absolute atomic E-state index is 13.4. The maximum atomic E-state index is 13.4. The van der Waals surface area contributed by atoms with E-state index in [4.69, 9.17) is 4.74 Å². The Bertz CT molecular complexity index is 1540. The summed E-state index contributed by atoms with van der Waals surface area (Å²) in [4.78, 5) is 25.3. The highest BCUT2D eigenvalue weighted by atomic mass is 32.2. The van der Waals surface area contributed by atoms with Crippen molar-refractivity contribution in [1.29, 1.82) is 0 Å². The van der Waals surface area contributed by atoms with Crippen LogP contribution < -0.4 is 19.2 Å². The first-order valence-corrected chi connectivity index (χ1v) is 12.9. The van der Waals surface area contributed by atoms with Crippen molar-refractivity contribution in [3.05, 3.63) is 82.5 Å². The van der Waals surface area contributed by atoms with Crippen molar-refractivity contribution in [2.75, 3.05) is 16.2 Å². The van der Waals surface area contributed by atoms with E-state index < -0.39 is 22.0 Å². The zero-order valence-corrected chi connectivity index (χ0v) is 19.8. The SMILES string of the molecule is CCn1c(=O)sc2cc(NC(=O)[C@H]3CN(S(=O)(=O)c4ccccc4)c4ccccc4O3)ccc21. The van der Waals surface area contributed by atoms with Crippen molar-refractivity contribution in [1.82, 2.24) is 4.57 Å². The Hall–Kier alpha value is -3.63. The minimum absolute atomic E-state index is 0.0602. The van der Waals surface area contributed by atoms with Crippen molar-refractivity contribution >= 4 is 48.9 Å². The van der Waals surface area contributed by atoms with Crippen LogP contribution in [0, 0.1) is 0 Å². The van der Waals surface area contributed by atoms with Gasteiger partial charge in [0.25, 0.3) is 15.9 Å². The average molecular weight is 496 g/mol. The van der Waals surface area contributed by atoms with Gasteiger partial charge in [0.05, 0.1) is 27.3 Å². The lowest BCUT2D eigenvalue weighted by Crippen LogP contribution is -2.48. The average Bonchev–Trinajstić information content (AvgIpc) is 3.17. The number of nitrogens with one attached hydrogen (secondary N) is 1. The third kappa shape index (κ3) is 3.84. The molecular weight excluding hydrogens is 474 g/mol. The van der Waals surface area contributed by atoms with Crippen molar-refractivity contribution in [3.8, 4) is 5.75 Å². The van der Waals surface area contributed by atoms with Gasteiger partial charge < -0.3 is 10.1 Å². The number of aromatic nitrogens is 1. The van der Waals surface area contributed by atoms with Crippen molar-refractivity contribution in [3.63, 3.8) is 0 Å². The Morgan fingerprint density at radius 2 is 1.82 bits per heavy atom. The summed E-state index contributed by atoms with van der Waals surface area (Å²) in [6.07, 6.45) is -1.07. The van der Waals surface area contributed by atoms with Crippen LogP contribution in [0.2, 0.25) is 0 Å². The van der Waals surface area contributed by atoms with Gasteiger partial charge in [0.15, 0.2) is 6.10 Å². The fourth-order valence-electron chi connectivity index (χ4n) is 3.95. The number of nitrogens with zero attached hydrogens (tertiary/aromatic N) is 2. The van der Waals surface area contributed by atoms with Crippen LogP contribution in [0.4, 0.5) is 11.4 Å². The predicted molar refractivity (Wildman–Crippen MR) is 132 cm³/mol. The highest BCUT2D eigenvalue weighted by molar-refractivity contribution is 7.92. The summed E-state index contributed by atoms with van der Waals surface area (Å²) in [5.74, 6) is -0.175. The van der Waals surface area contributed by atoms with Gasteiger partial charge in [0.2, 0.25) is 0 Å². The Morgan fingerprint density at radius 3 is 2.59 bits per heavy atom. The number of thiazole rings is 1. The molecule has 1 aliphatic rings. The molecule has 3 aromatic carbocycles. The second-order valence-electron chi connectivity index (χ2n) is 7.71. The number of ether oxygens (including phenoxy) is 1. The van der Waals surface area contributed by atoms with Gasteiger partial charge in [0.1, 0.15) is 5.75 Å². The van der Waals surface area contributed by atoms with E-state index in [0.29, 0.717) is 23.7 Å². The van der Waals surface area contributed by atoms with Gasteiger partial charge in [-0.15, -0.1) is 0 Å². The summed E-state index contributed by atoms with van der Waals surface area (Å²) in [6, 6.07) is 20.1. The van der Waals surface area contributed by atoms with E-state index in [9.17, 15) is 18.0 Å². The van der Waals surface area contributed by atoms with Crippen LogP contribution in [0.5, 0.6) is 5.75 Å². The summed E-state index contributed by atoms with van der Waals surface area (Å²) >= 11 is 1.11. The van der Waals surface area contributed by atoms with Crippen LogP contribution in [-0.2, 0) is 21.4 Å². The van der Waals surface area contributed by atoms with Gasteiger partial charge >= 0.3 is 4.87 Å². The molecule has 0 fully saturated rings. The first-order chi connectivity index (χ1) is 16.4. The molecule has 174 valence electrons. The third-order valence-corrected chi connectivity index (χ3v) is 8.35. The molecule has 0 spiro atoms. The molecule has 1 N–H and O–H groups in total. The molecule has 0 unspecified atom stereocenters. The fourth-order valence-corrected chi connectivity index (χ4v) is 6.44. The molecule has 1 amide bonds. The number of anilines is 2. The Labute approximate surface area is 200 Å². The molecule has 10 heteroatoms. The standard InChI is InChI=1S/C24H21N3O5S2/c1-2-26-19-13-12-16(14-22(19)33-24(26)29)25-23(28)21-15-27(18-10-6-7-11-20(18)32-21)34(30,31)17-8-4-3-5-9-17/h3-14,21H,2,15H2,1H3,(H,25,28)/t21-/m1/s1. The zero-order chi connectivity index (χ0) is 23.9. The van der Waals surface area contributed by atoms with E-state index in [1.165, 1.54) is 16.4 Å². The van der Waals surface area contributed by atoms with E-state index in [-0.39, 0.29) is 16.3 Å². The van der Waals surface area contributed by atoms with Gasteiger partial charge in [-0.2, -0.15) is 0 Å². The van der Waals surface area contributed by atoms with Crippen LogP contribution in [0.15, 0.2) is 82.5 Å². The summed E-state index contributed by atoms with van der Waals surface area (Å²) in [7, 11) is -3.91. The van der Waals surface area contributed by atoms with Crippen molar-refractivity contribution in [2.24, 2.45) is 0 Å². The number of rotatable bonds is 5. The van der Waals surface area contributed by atoms with Gasteiger partial charge in [-0.05, 0) is 49.4 Å². The molecule has 1 atom stereocenters. The maximum Gasteiger partial charge on any atom is 0.308 e. The summed E-state index contributed by atoms with van der Waals surface area (Å²) in [6.45, 7) is 2.28. The predicted octanol–water partition coefficient (Wildman–Crippen LogP) is 3.68. The highest BCUT2D eigenvalue weighted by Crippen LogP contribution is 2.37. The monoisotopic (exact) mass is 495 g/mol. The highest BCUT2D eigenvalue weighted by Gasteiger charge is 2.37. The number of hydrogen-bond acceptors (Lipinski definition) is 6. The molecule has 0 bridgehead atoms. The molecule has 4 aromatic rings. The number of amides is 1. The smallest absolute Gasteiger partial charge is 0.308 e. The number of aryl methyl sites for hydroxylation is 1. The van der Waals surface area contributed by atoms with Crippen molar-refractivity contribution < 1.29 is 17.9 Å². The molecule has 1 aliphatic heterocycles. The molecule has 5 rings (SSSR count). The second kappa shape index (κ2) is 8.62. The van der Waals surface area contributed by atoms with Crippen LogP contribution in [0.1, 0.15) is 6.92 Å². The Morgan fingerprint density at radius 1 is 1.09 bits per heavy atom. The number of para-hydroxylation sites is 2. The number of fused-ring (bicyclic) bond motifs is 2. The molecule has 0 radical (unpaired) electrons. The van der Waals surface area contributed by atoms with Gasteiger partial charge in [-0.25, -0.2) is 8.42 Å². The second-order valence-corrected chi connectivity index (χ2v) is 10.6. The molecule has 0 aliphatic carbocycles. The topological polar surface area (TPSA) is 97.7 Å². The van der Waals surface area contributed by atoms with E-state index >= 15 is 0 Å². The molecule has 1 aromatic heterocycles. The lowest BCUT2D eigenvalue weighted by molar-refractivity contribution is -0.122. The van der Waals surface area contributed by atoms with Crippen LogP contribution >= 0.6 is 11.3 Å². The molecule has 0 saturated heterocycles. The van der Waals surface area contributed by atoms with E-state index in [1.54, 1.807) is 65.2 Å². The van der Waals surface area contributed by atoms with Crippen LogP contribution in [0.3, 0.4) is 0 Å². The third-order valence-electron chi connectivity index (χ3n) is 5.61. The zero-order valence-electron chi connectivity index (χ0n) is 18.2. The molecule has 8 nitrogen and oxygen atoms in total. The van der Waals surface area contributed by atoms with E-state index in [2.05, 4.69) is 5.32 Å². The molecule has 0 saturated carbocycles. The molecular formula is C24H21N3O5S2. The van der Waals surface area contributed by atoms with E-state index in [1.807, 2.05) is 6.92 Å². The molecule has 2 heterocycles. The summed E-state index contributed by atoms with van der Waals surface area (Å²) < 4.78 is 36.3. The summed E-state index contributed by atoms with van der Waals surface area (Å²) in [5.41, 5.74) is 1.68. The van der Waals surface area contributed by atoms with Gasteiger partial charge in [-0.1, -0.05) is 41.7 Å². The first-order valence-electron chi connectivity index (χ1n) is 10.7. The lowest BCUT2D eigenvalue weighted by Gasteiger charge is -2.34. The fraction of sp³-hybridized carbons (Fsp3) is 0.167. The number of hydrogen-bond donors (Lipinski definition) is 1. The minimum Gasteiger partial charge on any atom is -0.476 e. The summed E-state index contributed by atoms with van der Waals surface area (Å²) in [5, 5.41) is 2.80. The number of carbonyl (C=O) groups excluding carboxylic acids is 1. The normalized spacial score (nSPS) is 15.6. The van der Waals surface area contributed by atoms with E-state index in [0.717, 1.165) is 21.6 Å². The Balaban J connectivity index is 1.45. The number of carbonyl (C=O) groups is 1. The van der Waals surface area contributed by atoms with Gasteiger partial charge in [-0.3, -0.25) is 18.5 Å². The largest absolute Gasteiger partial charge is 0.476 e. The quantitative estimate of drug-likeness (QED) is 0.456. The molecule has 34 heavy (non-hydrogen) atoms. The van der Waals surface area contributed by atoms with Gasteiger partial charge in [0, 0.05) is 12.2 Å². The minimum atomic E-state index is -3.91. The number of benzene rings is 3. The van der Waals surface area contributed by atoms with Crippen LogP contribution in [-0.4, -0.2) is 31.5 Å². The first kappa shape index (κ1) is 22.2. The van der Waals surface area contributed by atoms with Crippen molar-refractivity contribution in [2.45, 2.75) is 24.5 Å². The Kier molecular flexibility index (Phi) is 5.62. The van der Waals surface area contributed by atoms with Crippen LogP contribution in [0.25, 0.3) is 10.2 Å².